The van der Waals surface area contributed by atoms with Crippen molar-refractivity contribution in [1.82, 2.24) is 5.32 Å². The van der Waals surface area contributed by atoms with Gasteiger partial charge >= 0.3 is 0 Å². The molecule has 70 heavy (non-hydrogen) atoms. The zero-order chi connectivity index (χ0) is 50.8. The fourth-order valence-electron chi connectivity index (χ4n) is 10.2. The molecule has 1 amide bonds. The van der Waals surface area contributed by atoms with Gasteiger partial charge in [-0.25, -0.2) is 0 Å². The number of hydrogen-bond acceptors (Lipinski definition) is 8. The van der Waals surface area contributed by atoms with Crippen molar-refractivity contribution in [2.75, 3.05) is 13.2 Å². The Labute approximate surface area is 433 Å². The number of nitrogens with one attached hydrogen (secondary N) is 1. The molecule has 0 aromatic heterocycles. The van der Waals surface area contributed by atoms with E-state index in [1.165, 1.54) is 257 Å². The van der Waals surface area contributed by atoms with Crippen LogP contribution in [0, 0.1) is 0 Å². The van der Waals surface area contributed by atoms with Gasteiger partial charge in [-0.15, -0.1) is 0 Å². The van der Waals surface area contributed by atoms with E-state index in [1.807, 2.05) is 6.08 Å². The van der Waals surface area contributed by atoms with Crippen LogP contribution in [0.2, 0.25) is 0 Å². The maximum Gasteiger partial charge on any atom is 0.220 e. The van der Waals surface area contributed by atoms with E-state index in [-0.39, 0.29) is 12.5 Å². The molecule has 1 heterocycles. The summed E-state index contributed by atoms with van der Waals surface area (Å²) in [5, 5.41) is 54.6. The Balaban J connectivity index is 2.19. The molecule has 0 saturated carbocycles. The molecule has 0 spiro atoms. The highest BCUT2D eigenvalue weighted by Gasteiger charge is 2.44. The highest BCUT2D eigenvalue weighted by Crippen LogP contribution is 2.23. The number of amides is 1. The molecule has 0 radical (unpaired) electrons. The van der Waals surface area contributed by atoms with E-state index in [4.69, 9.17) is 9.47 Å². The monoisotopic (exact) mass is 994 g/mol. The Kier molecular flexibility index (Phi) is 49.2. The maximum atomic E-state index is 13.1. The molecule has 6 N–H and O–H groups in total. The van der Waals surface area contributed by atoms with Crippen molar-refractivity contribution in [3.63, 3.8) is 0 Å². The van der Waals surface area contributed by atoms with Crippen LogP contribution in [-0.2, 0) is 14.3 Å². The van der Waals surface area contributed by atoms with E-state index in [1.54, 1.807) is 6.08 Å². The summed E-state index contributed by atoms with van der Waals surface area (Å²) < 4.78 is 11.3. The third-order valence-electron chi connectivity index (χ3n) is 15.1. The van der Waals surface area contributed by atoms with Crippen LogP contribution in [0.4, 0.5) is 0 Å². The van der Waals surface area contributed by atoms with E-state index in [2.05, 4.69) is 19.2 Å². The molecule has 0 bridgehead atoms. The lowest BCUT2D eigenvalue weighted by Gasteiger charge is -2.40. The number of aliphatic hydroxyl groups is 5. The van der Waals surface area contributed by atoms with Crippen LogP contribution in [0.3, 0.4) is 0 Å². The SMILES string of the molecule is CCCCCCCCCCCCCCCCCCCCCCCC/C=C/C(O)C(COC1OC(CO)C(O)C(O)C1O)NC(=O)CCCCCCCCCCCCCCCCCCCCCCCCC. The van der Waals surface area contributed by atoms with Crippen LogP contribution in [0.25, 0.3) is 0 Å². The molecular formula is C61H119NO8. The van der Waals surface area contributed by atoms with E-state index in [0.717, 1.165) is 38.5 Å². The van der Waals surface area contributed by atoms with Gasteiger partial charge < -0.3 is 40.3 Å². The molecule has 9 heteroatoms. The first-order chi connectivity index (χ1) is 34.3. The predicted octanol–water partition coefficient (Wildman–Crippen LogP) is 15.6. The lowest BCUT2D eigenvalue weighted by Crippen LogP contribution is -2.60. The third kappa shape index (κ3) is 40.3. The Hall–Kier alpha value is -1.07. The van der Waals surface area contributed by atoms with E-state index in [9.17, 15) is 30.3 Å². The van der Waals surface area contributed by atoms with E-state index >= 15 is 0 Å². The van der Waals surface area contributed by atoms with E-state index < -0.39 is 49.5 Å². The highest BCUT2D eigenvalue weighted by molar-refractivity contribution is 5.76. The molecule has 1 aliphatic rings. The Morgan fingerprint density at radius 2 is 0.786 bits per heavy atom. The molecule has 9 nitrogen and oxygen atoms in total. The van der Waals surface area contributed by atoms with Crippen LogP contribution in [0.15, 0.2) is 12.2 Å². The summed E-state index contributed by atoms with van der Waals surface area (Å²) in [6.07, 6.45) is 57.1. The van der Waals surface area contributed by atoms with Crippen molar-refractivity contribution in [2.24, 2.45) is 0 Å². The molecule has 7 atom stereocenters. The molecule has 7 unspecified atom stereocenters. The number of carbonyl (C=O) groups is 1. The quantitative estimate of drug-likeness (QED) is 0.0261. The van der Waals surface area contributed by atoms with Crippen molar-refractivity contribution >= 4 is 5.91 Å². The molecule has 0 aromatic carbocycles. The predicted molar refractivity (Wildman–Crippen MR) is 295 cm³/mol. The Bertz CT molecular complexity index is 1110. The fraction of sp³-hybridized carbons (Fsp3) is 0.951. The topological polar surface area (TPSA) is 149 Å². The lowest BCUT2D eigenvalue weighted by molar-refractivity contribution is -0.302. The highest BCUT2D eigenvalue weighted by atomic mass is 16.7. The van der Waals surface area contributed by atoms with Gasteiger partial charge in [-0.05, 0) is 19.3 Å². The minimum Gasteiger partial charge on any atom is -0.394 e. The smallest absolute Gasteiger partial charge is 0.220 e. The summed E-state index contributed by atoms with van der Waals surface area (Å²) in [6.45, 7) is 3.83. The van der Waals surface area contributed by atoms with Crippen molar-refractivity contribution in [2.45, 2.75) is 358 Å². The second kappa shape index (κ2) is 51.4. The number of ether oxygens (including phenoxy) is 2. The molecule has 1 fully saturated rings. The molecule has 0 aromatic rings. The standard InChI is InChI=1S/C61H119NO8/c1-3-5-7-9-11-13-15-17-19-21-23-25-27-29-30-32-34-36-38-40-42-44-46-48-50-55(64)54(53-69-61-60(68)59(67)58(66)56(52-63)70-61)62-57(65)51-49-47-45-43-41-39-37-35-33-31-28-26-24-22-20-18-16-14-12-10-8-6-4-2/h48,50,54-56,58-61,63-64,66-68H,3-47,49,51-53H2,1-2H3,(H,62,65)/b50-48+. The average Bonchev–Trinajstić information content (AvgIpc) is 3.36. The zero-order valence-corrected chi connectivity index (χ0v) is 46.3. The first-order valence-electron chi connectivity index (χ1n) is 30.9. The van der Waals surface area contributed by atoms with Crippen molar-refractivity contribution < 1.29 is 39.8 Å². The number of rotatable bonds is 54. The number of carbonyl (C=O) groups excluding carboxylic acids is 1. The van der Waals surface area contributed by atoms with Gasteiger partial charge in [0.25, 0.3) is 0 Å². The molecule has 1 aliphatic heterocycles. The largest absolute Gasteiger partial charge is 0.394 e. The molecule has 1 rings (SSSR count). The lowest BCUT2D eigenvalue weighted by atomic mass is 9.99. The van der Waals surface area contributed by atoms with Gasteiger partial charge in [0.05, 0.1) is 25.4 Å². The van der Waals surface area contributed by atoms with Crippen LogP contribution >= 0.6 is 0 Å². The second-order valence-corrected chi connectivity index (χ2v) is 21.9. The van der Waals surface area contributed by atoms with Crippen LogP contribution in [-0.4, -0.2) is 87.5 Å². The maximum absolute atomic E-state index is 13.1. The van der Waals surface area contributed by atoms with E-state index in [0.29, 0.717) is 6.42 Å². The third-order valence-corrected chi connectivity index (χ3v) is 15.1. The summed E-state index contributed by atoms with van der Waals surface area (Å²) in [7, 11) is 0. The van der Waals surface area contributed by atoms with Gasteiger partial charge in [-0.1, -0.05) is 302 Å². The number of allylic oxidation sites excluding steroid dienone is 1. The van der Waals surface area contributed by atoms with Crippen molar-refractivity contribution in [3.8, 4) is 0 Å². The summed E-state index contributed by atoms with van der Waals surface area (Å²) >= 11 is 0. The van der Waals surface area contributed by atoms with Crippen molar-refractivity contribution in [1.29, 1.82) is 0 Å². The normalized spacial score (nSPS) is 19.3. The van der Waals surface area contributed by atoms with Gasteiger partial charge in [0.2, 0.25) is 5.91 Å². The van der Waals surface area contributed by atoms with Crippen LogP contribution in [0.1, 0.15) is 316 Å². The summed E-state index contributed by atoms with van der Waals surface area (Å²) in [5.41, 5.74) is 0. The first-order valence-corrected chi connectivity index (χ1v) is 30.9. The van der Waals surface area contributed by atoms with Gasteiger partial charge in [0.1, 0.15) is 24.4 Å². The number of aliphatic hydroxyl groups excluding tert-OH is 5. The van der Waals surface area contributed by atoms with Crippen molar-refractivity contribution in [3.05, 3.63) is 12.2 Å². The minimum absolute atomic E-state index is 0.169. The second-order valence-electron chi connectivity index (χ2n) is 21.9. The van der Waals surface area contributed by atoms with Crippen LogP contribution in [0.5, 0.6) is 0 Å². The van der Waals surface area contributed by atoms with Crippen LogP contribution < -0.4 is 5.32 Å². The Morgan fingerprint density at radius 3 is 1.11 bits per heavy atom. The molecule has 416 valence electrons. The Morgan fingerprint density at radius 1 is 0.471 bits per heavy atom. The summed E-state index contributed by atoms with van der Waals surface area (Å²) in [6, 6.07) is -0.801. The summed E-state index contributed by atoms with van der Waals surface area (Å²) in [4.78, 5) is 13.1. The number of unbranched alkanes of at least 4 members (excludes halogenated alkanes) is 44. The summed E-state index contributed by atoms with van der Waals surface area (Å²) in [5.74, 6) is -0.169. The van der Waals surface area contributed by atoms with Gasteiger partial charge in [0.15, 0.2) is 6.29 Å². The number of hydrogen-bond donors (Lipinski definition) is 6. The minimum atomic E-state index is -1.56. The average molecular weight is 995 g/mol. The molecule has 0 aliphatic carbocycles. The molecule has 1 saturated heterocycles. The van der Waals surface area contributed by atoms with Gasteiger partial charge in [-0.3, -0.25) is 4.79 Å². The molecular weight excluding hydrogens is 875 g/mol. The zero-order valence-electron chi connectivity index (χ0n) is 46.3. The fourth-order valence-corrected chi connectivity index (χ4v) is 10.2. The van der Waals surface area contributed by atoms with Gasteiger partial charge in [0, 0.05) is 6.42 Å². The van der Waals surface area contributed by atoms with Gasteiger partial charge in [-0.2, -0.15) is 0 Å². The first kappa shape index (κ1) is 66.9.